The topological polar surface area (TPSA) is 89.4 Å². The SMILES string of the molecule is CC(=O)c1c(C)[nH]c(C(=O)[C@@H](C)OC(=O)c2oc3ccc(F)cc3c2C)c1C. The first-order valence-electron chi connectivity index (χ1n) is 8.75. The number of carbonyl (C=O) groups is 3. The lowest BCUT2D eigenvalue weighted by atomic mass is 10.0. The molecule has 0 spiro atoms. The van der Waals surface area contributed by atoms with E-state index >= 15 is 0 Å². The van der Waals surface area contributed by atoms with E-state index < -0.39 is 23.7 Å². The highest BCUT2D eigenvalue weighted by Crippen LogP contribution is 2.27. The molecule has 0 aliphatic carbocycles. The molecule has 6 nitrogen and oxygen atoms in total. The maximum Gasteiger partial charge on any atom is 0.375 e. The van der Waals surface area contributed by atoms with E-state index in [1.54, 1.807) is 20.8 Å². The molecule has 3 rings (SSSR count). The number of rotatable bonds is 5. The molecule has 3 aromatic rings. The standard InChI is InChI=1S/C21H20FNO5/c1-9-15-8-14(22)6-7-16(15)28-20(9)21(26)27-13(5)19(25)18-10(2)17(12(4)24)11(3)23-18/h6-8,13,23H,1-5H3/t13-/m1/s1. The molecular formula is C21H20FNO5. The molecule has 2 aromatic heterocycles. The second-order valence-corrected chi connectivity index (χ2v) is 6.79. The van der Waals surface area contributed by atoms with Crippen LogP contribution in [0.3, 0.4) is 0 Å². The Balaban J connectivity index is 1.85. The van der Waals surface area contributed by atoms with E-state index in [0.717, 1.165) is 0 Å². The number of ether oxygens (including phenoxy) is 1. The van der Waals surface area contributed by atoms with Crippen LogP contribution in [0.25, 0.3) is 11.0 Å². The van der Waals surface area contributed by atoms with Crippen molar-refractivity contribution in [2.75, 3.05) is 0 Å². The third-order valence-electron chi connectivity index (χ3n) is 4.77. The van der Waals surface area contributed by atoms with Gasteiger partial charge < -0.3 is 14.1 Å². The molecule has 2 heterocycles. The Bertz CT molecular complexity index is 1120. The van der Waals surface area contributed by atoms with E-state index in [4.69, 9.17) is 9.15 Å². The van der Waals surface area contributed by atoms with Gasteiger partial charge in [-0.25, -0.2) is 9.18 Å². The van der Waals surface area contributed by atoms with Crippen molar-refractivity contribution in [1.29, 1.82) is 0 Å². The van der Waals surface area contributed by atoms with Gasteiger partial charge in [0.15, 0.2) is 11.9 Å². The Morgan fingerprint density at radius 3 is 2.43 bits per heavy atom. The van der Waals surface area contributed by atoms with Gasteiger partial charge in [0, 0.05) is 22.2 Å². The Kier molecular flexibility index (Phi) is 4.93. The first-order chi connectivity index (χ1) is 13.1. The van der Waals surface area contributed by atoms with E-state index in [0.29, 0.717) is 33.4 Å². The number of Topliss-reactive ketones (excluding diaryl/α,β-unsaturated/α-hetero) is 2. The zero-order valence-corrected chi connectivity index (χ0v) is 16.2. The van der Waals surface area contributed by atoms with Crippen molar-refractivity contribution in [2.24, 2.45) is 0 Å². The fourth-order valence-electron chi connectivity index (χ4n) is 3.38. The minimum atomic E-state index is -1.10. The van der Waals surface area contributed by atoms with Crippen LogP contribution in [-0.2, 0) is 4.74 Å². The number of ketones is 2. The number of halogens is 1. The molecule has 0 bridgehead atoms. The van der Waals surface area contributed by atoms with Gasteiger partial charge in [-0.15, -0.1) is 0 Å². The summed E-state index contributed by atoms with van der Waals surface area (Å²) in [6.45, 7) is 7.86. The van der Waals surface area contributed by atoms with Crippen molar-refractivity contribution in [1.82, 2.24) is 4.98 Å². The van der Waals surface area contributed by atoms with E-state index in [9.17, 15) is 18.8 Å². The van der Waals surface area contributed by atoms with E-state index in [1.807, 2.05) is 0 Å². The molecule has 0 saturated carbocycles. The normalized spacial score (nSPS) is 12.2. The number of H-pyrrole nitrogens is 1. The fourth-order valence-corrected chi connectivity index (χ4v) is 3.38. The van der Waals surface area contributed by atoms with Crippen LogP contribution in [0.4, 0.5) is 4.39 Å². The number of nitrogens with one attached hydrogen (secondary N) is 1. The summed E-state index contributed by atoms with van der Waals surface area (Å²) in [5.74, 6) is -1.95. The minimum Gasteiger partial charge on any atom is -0.449 e. The zero-order chi connectivity index (χ0) is 20.7. The molecular weight excluding hydrogens is 365 g/mol. The predicted molar refractivity (Wildman–Crippen MR) is 100 cm³/mol. The number of esters is 1. The molecule has 0 saturated heterocycles. The molecule has 7 heteroatoms. The van der Waals surface area contributed by atoms with E-state index in [2.05, 4.69) is 4.98 Å². The minimum absolute atomic E-state index is 0.0796. The molecule has 1 aromatic carbocycles. The van der Waals surface area contributed by atoms with E-state index in [-0.39, 0.29) is 17.2 Å². The van der Waals surface area contributed by atoms with Crippen LogP contribution in [0.15, 0.2) is 22.6 Å². The highest BCUT2D eigenvalue weighted by Gasteiger charge is 2.28. The summed E-state index contributed by atoms with van der Waals surface area (Å²) in [6, 6.07) is 3.93. The average Bonchev–Trinajstić information content (AvgIpc) is 3.10. The lowest BCUT2D eigenvalue weighted by molar-refractivity contribution is 0.0288. The lowest BCUT2D eigenvalue weighted by Crippen LogP contribution is -2.25. The van der Waals surface area contributed by atoms with Gasteiger partial charge in [0.25, 0.3) is 0 Å². The molecule has 0 amide bonds. The second kappa shape index (κ2) is 7.07. The molecule has 0 fully saturated rings. The van der Waals surface area contributed by atoms with Gasteiger partial charge in [0.05, 0.1) is 5.69 Å². The maximum atomic E-state index is 13.4. The summed E-state index contributed by atoms with van der Waals surface area (Å²) < 4.78 is 24.2. The van der Waals surface area contributed by atoms with Crippen molar-refractivity contribution in [3.8, 4) is 0 Å². The molecule has 28 heavy (non-hydrogen) atoms. The summed E-state index contributed by atoms with van der Waals surface area (Å²) in [7, 11) is 0. The fraction of sp³-hybridized carbons (Fsp3) is 0.286. The summed E-state index contributed by atoms with van der Waals surface area (Å²) >= 11 is 0. The van der Waals surface area contributed by atoms with Crippen LogP contribution in [0.5, 0.6) is 0 Å². The van der Waals surface area contributed by atoms with Crippen LogP contribution in [0.2, 0.25) is 0 Å². The number of furan rings is 1. The molecule has 0 unspecified atom stereocenters. The largest absolute Gasteiger partial charge is 0.449 e. The average molecular weight is 385 g/mol. The molecule has 0 radical (unpaired) electrons. The Hall–Kier alpha value is -3.22. The molecule has 0 aliphatic rings. The number of aromatic nitrogens is 1. The Labute approximate surface area is 160 Å². The summed E-state index contributed by atoms with van der Waals surface area (Å²) in [5, 5.41) is 0.466. The Morgan fingerprint density at radius 1 is 1.14 bits per heavy atom. The maximum absolute atomic E-state index is 13.4. The van der Waals surface area contributed by atoms with Crippen LogP contribution in [0, 0.1) is 26.6 Å². The van der Waals surface area contributed by atoms with Gasteiger partial charge in [0.1, 0.15) is 11.4 Å². The Morgan fingerprint density at radius 2 is 1.82 bits per heavy atom. The molecule has 146 valence electrons. The van der Waals surface area contributed by atoms with Crippen LogP contribution < -0.4 is 0 Å². The van der Waals surface area contributed by atoms with Crippen molar-refractivity contribution in [3.63, 3.8) is 0 Å². The number of aryl methyl sites for hydroxylation is 2. The van der Waals surface area contributed by atoms with Gasteiger partial charge in [-0.2, -0.15) is 0 Å². The van der Waals surface area contributed by atoms with Gasteiger partial charge in [-0.3, -0.25) is 9.59 Å². The van der Waals surface area contributed by atoms with Gasteiger partial charge in [-0.05, 0) is 58.4 Å². The highest BCUT2D eigenvalue weighted by atomic mass is 19.1. The first-order valence-corrected chi connectivity index (χ1v) is 8.75. The number of benzene rings is 1. The number of fused-ring (bicyclic) bond motifs is 1. The van der Waals surface area contributed by atoms with Crippen LogP contribution in [-0.4, -0.2) is 28.6 Å². The van der Waals surface area contributed by atoms with Gasteiger partial charge in [0.2, 0.25) is 11.5 Å². The highest BCUT2D eigenvalue weighted by molar-refractivity contribution is 6.06. The summed E-state index contributed by atoms with van der Waals surface area (Å²) in [5.41, 5.74) is 2.58. The third kappa shape index (κ3) is 3.24. The lowest BCUT2D eigenvalue weighted by Gasteiger charge is -2.11. The molecule has 1 N–H and O–H groups in total. The third-order valence-corrected chi connectivity index (χ3v) is 4.77. The summed E-state index contributed by atoms with van der Waals surface area (Å²) in [6.07, 6.45) is -1.10. The predicted octanol–water partition coefficient (Wildman–Crippen LogP) is 4.46. The molecule has 0 aliphatic heterocycles. The van der Waals surface area contributed by atoms with Crippen LogP contribution >= 0.6 is 0 Å². The number of hydrogen-bond acceptors (Lipinski definition) is 5. The number of carbonyl (C=O) groups excluding carboxylic acids is 3. The summed E-state index contributed by atoms with van der Waals surface area (Å²) in [4.78, 5) is 39.9. The van der Waals surface area contributed by atoms with Crippen LogP contribution in [0.1, 0.15) is 62.1 Å². The van der Waals surface area contributed by atoms with Crippen molar-refractivity contribution in [3.05, 3.63) is 57.9 Å². The van der Waals surface area contributed by atoms with Gasteiger partial charge >= 0.3 is 5.97 Å². The second-order valence-electron chi connectivity index (χ2n) is 6.79. The van der Waals surface area contributed by atoms with Crippen molar-refractivity contribution >= 4 is 28.5 Å². The van der Waals surface area contributed by atoms with Gasteiger partial charge in [-0.1, -0.05) is 0 Å². The first kappa shape index (κ1) is 19.5. The molecule has 1 atom stereocenters. The number of aromatic amines is 1. The monoisotopic (exact) mass is 385 g/mol. The van der Waals surface area contributed by atoms with E-state index in [1.165, 1.54) is 32.0 Å². The van der Waals surface area contributed by atoms with Crippen molar-refractivity contribution in [2.45, 2.75) is 40.7 Å². The van der Waals surface area contributed by atoms with Crippen molar-refractivity contribution < 1.29 is 27.9 Å². The smallest absolute Gasteiger partial charge is 0.375 e. The zero-order valence-electron chi connectivity index (χ0n) is 16.2. The number of hydrogen-bond donors (Lipinski definition) is 1. The quantitative estimate of drug-likeness (QED) is 0.517.